The van der Waals surface area contributed by atoms with Crippen molar-refractivity contribution in [2.75, 3.05) is 5.32 Å². The van der Waals surface area contributed by atoms with Crippen molar-refractivity contribution < 1.29 is 26.3 Å². The average Bonchev–Trinajstić information content (AvgIpc) is 2.88. The lowest BCUT2D eigenvalue weighted by atomic mass is 10.1. The van der Waals surface area contributed by atoms with Crippen molar-refractivity contribution in [1.82, 2.24) is 4.98 Å². The summed E-state index contributed by atoms with van der Waals surface area (Å²) >= 11 is 0. The molecule has 0 amide bonds. The molecule has 0 spiro atoms. The third kappa shape index (κ3) is 3.04. The van der Waals surface area contributed by atoms with E-state index in [9.17, 15) is 26.3 Å². The van der Waals surface area contributed by atoms with Gasteiger partial charge in [-0.05, 0) is 30.3 Å². The average molecular weight is 344 g/mol. The molecule has 126 valence electrons. The van der Waals surface area contributed by atoms with E-state index >= 15 is 0 Å². The van der Waals surface area contributed by atoms with Crippen LogP contribution in [-0.2, 0) is 12.4 Å². The van der Waals surface area contributed by atoms with Gasteiger partial charge < -0.3 is 10.3 Å². The van der Waals surface area contributed by atoms with E-state index in [4.69, 9.17) is 0 Å². The van der Waals surface area contributed by atoms with Crippen LogP contribution in [0.2, 0.25) is 0 Å². The van der Waals surface area contributed by atoms with Gasteiger partial charge in [0.2, 0.25) is 0 Å². The summed E-state index contributed by atoms with van der Waals surface area (Å²) in [7, 11) is 0. The molecule has 0 aliphatic rings. The number of hydrogen-bond acceptors (Lipinski definition) is 1. The second-order valence-electron chi connectivity index (χ2n) is 5.13. The summed E-state index contributed by atoms with van der Waals surface area (Å²) < 4.78 is 77.5. The first kappa shape index (κ1) is 16.2. The molecule has 0 aliphatic carbocycles. The lowest BCUT2D eigenvalue weighted by molar-refractivity contribution is -0.138. The van der Waals surface area contributed by atoms with Gasteiger partial charge >= 0.3 is 12.4 Å². The molecule has 2 aromatic carbocycles. The van der Waals surface area contributed by atoms with Gasteiger partial charge in [0.25, 0.3) is 0 Å². The lowest BCUT2D eigenvalue weighted by Gasteiger charge is -2.14. The fourth-order valence-electron chi connectivity index (χ4n) is 2.38. The molecule has 0 fully saturated rings. The summed E-state index contributed by atoms with van der Waals surface area (Å²) in [6.07, 6.45) is -7.78. The normalized spacial score (nSPS) is 12.6. The molecule has 24 heavy (non-hydrogen) atoms. The highest BCUT2D eigenvalue weighted by molar-refractivity contribution is 5.94. The highest BCUT2D eigenvalue weighted by atomic mass is 19.4. The number of fused-ring (bicyclic) bond motifs is 1. The number of benzene rings is 2. The van der Waals surface area contributed by atoms with E-state index in [1.165, 1.54) is 30.5 Å². The van der Waals surface area contributed by atoms with Gasteiger partial charge in [-0.3, -0.25) is 0 Å². The number of halogens is 6. The summed E-state index contributed by atoms with van der Waals surface area (Å²) in [4.78, 5) is 2.73. The molecule has 3 rings (SSSR count). The monoisotopic (exact) mass is 344 g/mol. The first-order valence-corrected chi connectivity index (χ1v) is 6.78. The Kier molecular flexibility index (Phi) is 3.70. The Labute approximate surface area is 132 Å². The summed E-state index contributed by atoms with van der Waals surface area (Å²) in [5, 5.41) is 2.72. The summed E-state index contributed by atoms with van der Waals surface area (Å²) in [6, 6.07) is 7.81. The van der Waals surface area contributed by atoms with Crippen LogP contribution in [0, 0.1) is 0 Å². The van der Waals surface area contributed by atoms with Crippen molar-refractivity contribution in [2.24, 2.45) is 0 Å². The number of aromatic nitrogens is 1. The number of aromatic amines is 1. The van der Waals surface area contributed by atoms with Gasteiger partial charge in [0.1, 0.15) is 0 Å². The second kappa shape index (κ2) is 5.47. The van der Waals surface area contributed by atoms with Crippen LogP contribution in [0.25, 0.3) is 10.9 Å². The maximum Gasteiger partial charge on any atom is 0.418 e. The van der Waals surface area contributed by atoms with Gasteiger partial charge in [-0.1, -0.05) is 12.1 Å². The van der Waals surface area contributed by atoms with Crippen LogP contribution in [-0.4, -0.2) is 4.98 Å². The van der Waals surface area contributed by atoms with Crippen molar-refractivity contribution >= 4 is 22.3 Å². The van der Waals surface area contributed by atoms with E-state index in [2.05, 4.69) is 10.3 Å². The molecule has 1 heterocycles. The number of para-hydroxylation sites is 1. The highest BCUT2D eigenvalue weighted by Gasteiger charge is 2.33. The Morgan fingerprint density at radius 1 is 0.792 bits per heavy atom. The van der Waals surface area contributed by atoms with Crippen LogP contribution in [0.15, 0.2) is 48.7 Å². The van der Waals surface area contributed by atoms with E-state index in [-0.39, 0.29) is 16.8 Å². The van der Waals surface area contributed by atoms with E-state index in [1.807, 2.05) is 0 Å². The minimum atomic E-state index is -4.58. The van der Waals surface area contributed by atoms with Crippen LogP contribution in [0.3, 0.4) is 0 Å². The Morgan fingerprint density at radius 2 is 1.50 bits per heavy atom. The molecule has 0 saturated carbocycles. The fourth-order valence-corrected chi connectivity index (χ4v) is 2.38. The second-order valence-corrected chi connectivity index (χ2v) is 5.13. The predicted octanol–water partition coefficient (Wildman–Crippen LogP) is 5.95. The Balaban J connectivity index is 2.06. The number of anilines is 2. The van der Waals surface area contributed by atoms with Crippen molar-refractivity contribution in [1.29, 1.82) is 0 Å². The van der Waals surface area contributed by atoms with Crippen LogP contribution < -0.4 is 5.32 Å². The molecule has 8 heteroatoms. The zero-order valence-corrected chi connectivity index (χ0v) is 11.9. The molecule has 0 aliphatic heterocycles. The highest BCUT2D eigenvalue weighted by Crippen LogP contribution is 2.38. The number of H-pyrrole nitrogens is 1. The van der Waals surface area contributed by atoms with Gasteiger partial charge in [0.15, 0.2) is 0 Å². The lowest BCUT2D eigenvalue weighted by Crippen LogP contribution is -2.08. The molecule has 2 nitrogen and oxygen atoms in total. The molecule has 1 aromatic heterocycles. The van der Waals surface area contributed by atoms with Crippen LogP contribution in [0.5, 0.6) is 0 Å². The van der Waals surface area contributed by atoms with Crippen molar-refractivity contribution in [3.05, 3.63) is 59.8 Å². The molecule has 2 N–H and O–H groups in total. The molecule has 0 saturated heterocycles. The number of nitrogens with one attached hydrogen (secondary N) is 2. The molecule has 0 bridgehead atoms. The molecule has 3 aromatic rings. The van der Waals surface area contributed by atoms with Crippen molar-refractivity contribution in [3.63, 3.8) is 0 Å². The summed E-state index contributed by atoms with van der Waals surface area (Å²) in [5.41, 5.74) is -1.49. The summed E-state index contributed by atoms with van der Waals surface area (Å²) in [6.45, 7) is 0. The van der Waals surface area contributed by atoms with E-state index in [0.29, 0.717) is 5.52 Å². The zero-order valence-electron chi connectivity index (χ0n) is 11.9. The number of rotatable bonds is 2. The van der Waals surface area contributed by atoms with E-state index in [1.54, 1.807) is 0 Å². The maximum absolute atomic E-state index is 13.0. The van der Waals surface area contributed by atoms with Gasteiger partial charge in [-0.15, -0.1) is 0 Å². The third-order valence-electron chi connectivity index (χ3n) is 3.51. The fraction of sp³-hybridized carbons (Fsp3) is 0.125. The smallest absolute Gasteiger partial charge is 0.359 e. The largest absolute Gasteiger partial charge is 0.418 e. The third-order valence-corrected chi connectivity index (χ3v) is 3.51. The Morgan fingerprint density at radius 3 is 2.17 bits per heavy atom. The van der Waals surface area contributed by atoms with E-state index in [0.717, 1.165) is 18.2 Å². The van der Waals surface area contributed by atoms with Crippen LogP contribution >= 0.6 is 0 Å². The maximum atomic E-state index is 13.0. The molecular formula is C16H10F6N2. The Bertz CT molecular complexity index is 876. The Hall–Kier alpha value is -2.64. The van der Waals surface area contributed by atoms with Crippen molar-refractivity contribution in [3.8, 4) is 0 Å². The summed E-state index contributed by atoms with van der Waals surface area (Å²) in [5.74, 6) is 0. The molecular weight excluding hydrogens is 334 g/mol. The van der Waals surface area contributed by atoms with Gasteiger partial charge in [0, 0.05) is 17.1 Å². The first-order chi connectivity index (χ1) is 11.2. The van der Waals surface area contributed by atoms with E-state index < -0.39 is 23.5 Å². The first-order valence-electron chi connectivity index (χ1n) is 6.78. The topological polar surface area (TPSA) is 27.8 Å². The minimum absolute atomic E-state index is 0.132. The number of hydrogen-bond donors (Lipinski definition) is 2. The molecule has 0 atom stereocenters. The molecule has 0 unspecified atom stereocenters. The van der Waals surface area contributed by atoms with Crippen LogP contribution in [0.1, 0.15) is 11.1 Å². The van der Waals surface area contributed by atoms with Gasteiger partial charge in [-0.2, -0.15) is 26.3 Å². The molecule has 0 radical (unpaired) electrons. The number of alkyl halides is 6. The van der Waals surface area contributed by atoms with Crippen molar-refractivity contribution in [2.45, 2.75) is 12.4 Å². The standard InChI is InChI=1S/C16H10F6N2/c17-15(18,19)9-5-6-12-10(7-9)14(8-23-12)24-13-4-2-1-3-11(13)16(20,21)22/h1-8,23-24H. The van der Waals surface area contributed by atoms with Gasteiger partial charge in [-0.25, -0.2) is 0 Å². The minimum Gasteiger partial charge on any atom is -0.359 e. The zero-order chi connectivity index (χ0) is 17.5. The van der Waals surface area contributed by atoms with Gasteiger partial charge in [0.05, 0.1) is 22.5 Å². The predicted molar refractivity (Wildman–Crippen MR) is 78.0 cm³/mol. The quantitative estimate of drug-likeness (QED) is 0.553. The SMILES string of the molecule is FC(F)(F)c1ccc2[nH]cc(Nc3ccccc3C(F)(F)F)c2c1. The van der Waals surface area contributed by atoms with Crippen LogP contribution in [0.4, 0.5) is 37.7 Å².